The average Bonchev–Trinajstić information content (AvgIpc) is 2.47. The van der Waals surface area contributed by atoms with Crippen LogP contribution in [-0.4, -0.2) is 31.6 Å². The molecule has 0 atom stereocenters. The van der Waals surface area contributed by atoms with Gasteiger partial charge in [0.2, 0.25) is 5.82 Å². The molecule has 0 saturated heterocycles. The van der Waals surface area contributed by atoms with Crippen molar-refractivity contribution in [2.75, 3.05) is 11.1 Å². The second-order valence-electron chi connectivity index (χ2n) is 5.11. The van der Waals surface area contributed by atoms with Gasteiger partial charge in [-0.05, 0) is 47.8 Å². The Morgan fingerprint density at radius 1 is 1.43 bits per heavy atom. The number of nitrogens with zero attached hydrogens (tertiary/aromatic N) is 3. The minimum absolute atomic E-state index is 0.113. The summed E-state index contributed by atoms with van der Waals surface area (Å²) in [4.78, 5) is 24.2. The molecule has 2 heterocycles. The Labute approximate surface area is 141 Å². The van der Waals surface area contributed by atoms with Crippen molar-refractivity contribution < 1.29 is 9.90 Å². The zero-order chi connectivity index (χ0) is 17.0. The van der Waals surface area contributed by atoms with Crippen LogP contribution in [0, 0.1) is 11.8 Å². The van der Waals surface area contributed by atoms with Crippen LogP contribution in [0.2, 0.25) is 0 Å². The average molecular weight is 376 g/mol. The molecule has 0 unspecified atom stereocenters. The lowest BCUT2D eigenvalue weighted by atomic mass is 10.1. The minimum atomic E-state index is -1.15. The van der Waals surface area contributed by atoms with Gasteiger partial charge >= 0.3 is 0 Å². The smallest absolute Gasteiger partial charge is 0.260 e. The first-order valence-corrected chi connectivity index (χ1v) is 7.35. The number of nitrogens with two attached hydrogens (primary N) is 1. The van der Waals surface area contributed by atoms with E-state index in [1.165, 1.54) is 18.5 Å². The number of aliphatic hydroxyl groups is 1. The van der Waals surface area contributed by atoms with E-state index in [9.17, 15) is 9.90 Å². The van der Waals surface area contributed by atoms with Crippen LogP contribution in [0.1, 0.15) is 30.0 Å². The molecule has 2 rings (SSSR count). The first kappa shape index (κ1) is 16.9. The van der Waals surface area contributed by atoms with E-state index in [4.69, 9.17) is 5.73 Å². The molecule has 0 aliphatic heterocycles. The van der Waals surface area contributed by atoms with Gasteiger partial charge in [0.05, 0.1) is 5.56 Å². The lowest BCUT2D eigenvalue weighted by Crippen LogP contribution is -2.16. The molecule has 0 bridgehead atoms. The Hall–Kier alpha value is -2.50. The van der Waals surface area contributed by atoms with E-state index in [1.54, 1.807) is 19.9 Å². The summed E-state index contributed by atoms with van der Waals surface area (Å²) in [5, 5.41) is 12.2. The number of hydrogen-bond acceptors (Lipinski definition) is 6. The highest BCUT2D eigenvalue weighted by atomic mass is 79.9. The van der Waals surface area contributed by atoms with Gasteiger partial charge in [0.25, 0.3) is 5.91 Å². The fraction of sp³-hybridized carbons (Fsp3) is 0.200. The van der Waals surface area contributed by atoms with Gasteiger partial charge in [-0.15, -0.1) is 0 Å². The first-order valence-electron chi connectivity index (χ1n) is 6.55. The number of hydrogen-bond donors (Lipinski definition) is 3. The van der Waals surface area contributed by atoms with E-state index in [-0.39, 0.29) is 23.0 Å². The third kappa shape index (κ3) is 5.02. The number of pyridine rings is 1. The molecule has 2 aromatic rings. The molecule has 23 heavy (non-hydrogen) atoms. The fourth-order valence-corrected chi connectivity index (χ4v) is 1.84. The Morgan fingerprint density at radius 2 is 2.17 bits per heavy atom. The van der Waals surface area contributed by atoms with Gasteiger partial charge in [-0.25, -0.2) is 15.0 Å². The molecular formula is C15H14BrN5O2. The number of carbonyl (C=O) groups excluding carboxylic acids is 1. The maximum Gasteiger partial charge on any atom is 0.260 e. The van der Waals surface area contributed by atoms with Crippen molar-refractivity contribution in [3.63, 3.8) is 0 Å². The Kier molecular flexibility index (Phi) is 4.93. The van der Waals surface area contributed by atoms with Crippen molar-refractivity contribution >= 4 is 33.5 Å². The van der Waals surface area contributed by atoms with Crippen LogP contribution in [-0.2, 0) is 0 Å². The highest BCUT2D eigenvalue weighted by Crippen LogP contribution is 2.16. The third-order valence-corrected chi connectivity index (χ3v) is 2.94. The second kappa shape index (κ2) is 6.73. The Morgan fingerprint density at radius 3 is 2.87 bits per heavy atom. The van der Waals surface area contributed by atoms with Crippen molar-refractivity contribution in [1.29, 1.82) is 0 Å². The zero-order valence-corrected chi connectivity index (χ0v) is 14.0. The van der Waals surface area contributed by atoms with Gasteiger partial charge in [0, 0.05) is 16.9 Å². The monoisotopic (exact) mass is 375 g/mol. The predicted octanol–water partition coefficient (Wildman–Crippen LogP) is 1.59. The van der Waals surface area contributed by atoms with Crippen LogP contribution in [0.3, 0.4) is 0 Å². The number of carbonyl (C=O) groups is 1. The Balaban J connectivity index is 2.21. The number of amides is 1. The van der Waals surface area contributed by atoms with Crippen molar-refractivity contribution in [2.24, 2.45) is 0 Å². The summed E-state index contributed by atoms with van der Waals surface area (Å²) in [5.41, 5.74) is 4.76. The van der Waals surface area contributed by atoms with Crippen molar-refractivity contribution in [3.8, 4) is 11.8 Å². The van der Waals surface area contributed by atoms with Crippen molar-refractivity contribution in [3.05, 3.63) is 40.4 Å². The number of anilines is 2. The second-order valence-corrected chi connectivity index (χ2v) is 6.03. The molecule has 1 amide bonds. The number of nitrogen functional groups attached to an aromatic ring is 1. The van der Waals surface area contributed by atoms with Gasteiger partial charge in [0.1, 0.15) is 17.2 Å². The lowest BCUT2D eigenvalue weighted by Gasteiger charge is -2.07. The summed E-state index contributed by atoms with van der Waals surface area (Å²) in [6, 6.07) is 3.09. The van der Waals surface area contributed by atoms with E-state index >= 15 is 0 Å². The van der Waals surface area contributed by atoms with Crippen LogP contribution < -0.4 is 11.1 Å². The number of rotatable bonds is 2. The summed E-state index contributed by atoms with van der Waals surface area (Å²) in [7, 11) is 0. The normalized spacial score (nSPS) is 10.6. The summed E-state index contributed by atoms with van der Waals surface area (Å²) >= 11 is 3.24. The van der Waals surface area contributed by atoms with Crippen LogP contribution in [0.5, 0.6) is 0 Å². The molecule has 8 heteroatoms. The van der Waals surface area contributed by atoms with Gasteiger partial charge in [-0.3, -0.25) is 4.79 Å². The summed E-state index contributed by atoms with van der Waals surface area (Å²) in [6.07, 6.45) is 2.96. The van der Waals surface area contributed by atoms with Crippen LogP contribution >= 0.6 is 15.9 Å². The number of aromatic nitrogens is 3. The molecule has 0 saturated carbocycles. The molecule has 7 nitrogen and oxygen atoms in total. The SMILES string of the molecule is CC(C)(O)C#Cc1nccc(NC(=O)c2cc(Br)cnc2N)n1. The van der Waals surface area contributed by atoms with E-state index in [2.05, 4.69) is 48.0 Å². The molecule has 0 fully saturated rings. The number of halogens is 1. The standard InChI is InChI=1S/C15H14BrN5O2/c1-15(2,23)5-3-11-18-6-4-12(20-11)21-14(22)10-7-9(16)8-19-13(10)17/h4,6-8,23H,1-2H3,(H2,17,19)(H,18,20,21,22). The van der Waals surface area contributed by atoms with Crippen molar-refractivity contribution in [1.82, 2.24) is 15.0 Å². The maximum atomic E-state index is 12.2. The fourth-order valence-electron chi connectivity index (χ4n) is 1.51. The van der Waals surface area contributed by atoms with Crippen LogP contribution in [0.4, 0.5) is 11.6 Å². The first-order chi connectivity index (χ1) is 10.7. The van der Waals surface area contributed by atoms with Crippen molar-refractivity contribution in [2.45, 2.75) is 19.4 Å². The molecule has 4 N–H and O–H groups in total. The maximum absolute atomic E-state index is 12.2. The third-order valence-electron chi connectivity index (χ3n) is 2.51. The quantitative estimate of drug-likeness (QED) is 0.686. The topological polar surface area (TPSA) is 114 Å². The van der Waals surface area contributed by atoms with Gasteiger partial charge < -0.3 is 16.2 Å². The highest BCUT2D eigenvalue weighted by Gasteiger charge is 2.13. The van der Waals surface area contributed by atoms with Gasteiger partial charge in [-0.2, -0.15) is 0 Å². The van der Waals surface area contributed by atoms with E-state index in [0.717, 1.165) is 0 Å². The Bertz CT molecular complexity index is 805. The summed E-state index contributed by atoms with van der Waals surface area (Å²) < 4.78 is 0.635. The minimum Gasteiger partial charge on any atom is -0.383 e. The van der Waals surface area contributed by atoms with E-state index in [1.807, 2.05) is 0 Å². The molecule has 118 valence electrons. The number of nitrogens with one attached hydrogen (secondary N) is 1. The largest absolute Gasteiger partial charge is 0.383 e. The van der Waals surface area contributed by atoms with Gasteiger partial charge in [0.15, 0.2) is 0 Å². The van der Waals surface area contributed by atoms with Crippen LogP contribution in [0.25, 0.3) is 0 Å². The molecule has 2 aromatic heterocycles. The van der Waals surface area contributed by atoms with Crippen LogP contribution in [0.15, 0.2) is 29.0 Å². The summed E-state index contributed by atoms with van der Waals surface area (Å²) in [6.45, 7) is 3.10. The zero-order valence-electron chi connectivity index (χ0n) is 12.5. The molecular weight excluding hydrogens is 362 g/mol. The molecule has 0 aromatic carbocycles. The molecule has 0 spiro atoms. The predicted molar refractivity (Wildman–Crippen MR) is 89.5 cm³/mol. The van der Waals surface area contributed by atoms with Gasteiger partial charge in [-0.1, -0.05) is 5.92 Å². The highest BCUT2D eigenvalue weighted by molar-refractivity contribution is 9.10. The molecule has 0 radical (unpaired) electrons. The van der Waals surface area contributed by atoms with E-state index in [0.29, 0.717) is 4.47 Å². The summed E-state index contributed by atoms with van der Waals surface area (Å²) in [5.74, 6) is 5.36. The molecule has 0 aliphatic rings. The van der Waals surface area contributed by atoms with E-state index < -0.39 is 11.5 Å². The lowest BCUT2D eigenvalue weighted by molar-refractivity contribution is 0.102. The molecule has 0 aliphatic carbocycles.